The molecule has 1 N–H and O–H groups in total. The molecule has 2 aromatic rings. The number of amides is 1. The van der Waals surface area contributed by atoms with Crippen molar-refractivity contribution in [1.29, 1.82) is 0 Å². The first kappa shape index (κ1) is 17.7. The molecular formula is C20H22NO3. The van der Waals surface area contributed by atoms with Crippen LogP contribution < -0.4 is 5.32 Å². The van der Waals surface area contributed by atoms with E-state index in [1.54, 1.807) is 30.6 Å². The van der Waals surface area contributed by atoms with Crippen LogP contribution in [0.25, 0.3) is 0 Å². The van der Waals surface area contributed by atoms with Crippen LogP contribution in [-0.2, 0) is 16.0 Å². The SMILES string of the molecule is O=[C]c1ccccc1NC(=O)OCCCCCCc1ccccc1. The summed E-state index contributed by atoms with van der Waals surface area (Å²) in [5.41, 5.74) is 2.09. The largest absolute Gasteiger partial charge is 0.449 e. The van der Waals surface area contributed by atoms with Crippen LogP contribution in [0.1, 0.15) is 36.8 Å². The number of ether oxygens (including phenoxy) is 1. The van der Waals surface area contributed by atoms with Gasteiger partial charge in [-0.1, -0.05) is 55.3 Å². The van der Waals surface area contributed by atoms with Gasteiger partial charge in [-0.15, -0.1) is 0 Å². The first-order valence-electron chi connectivity index (χ1n) is 8.24. The van der Waals surface area contributed by atoms with Gasteiger partial charge in [0.2, 0.25) is 6.29 Å². The molecule has 0 unspecified atom stereocenters. The third-order valence-electron chi connectivity index (χ3n) is 3.71. The maximum Gasteiger partial charge on any atom is 0.411 e. The summed E-state index contributed by atoms with van der Waals surface area (Å²) in [4.78, 5) is 22.4. The molecule has 2 aromatic carbocycles. The normalized spacial score (nSPS) is 10.2. The van der Waals surface area contributed by atoms with Crippen LogP contribution in [0.5, 0.6) is 0 Å². The number of carbonyl (C=O) groups is 1. The second-order valence-electron chi connectivity index (χ2n) is 5.56. The molecule has 0 aromatic heterocycles. The highest BCUT2D eigenvalue weighted by molar-refractivity contribution is 5.93. The van der Waals surface area contributed by atoms with Crippen molar-refractivity contribution in [2.75, 3.05) is 11.9 Å². The van der Waals surface area contributed by atoms with Gasteiger partial charge < -0.3 is 4.74 Å². The van der Waals surface area contributed by atoms with Crippen molar-refractivity contribution in [1.82, 2.24) is 0 Å². The van der Waals surface area contributed by atoms with Gasteiger partial charge in [0, 0.05) is 5.56 Å². The Morgan fingerprint density at radius 3 is 2.42 bits per heavy atom. The number of para-hydroxylation sites is 1. The predicted molar refractivity (Wildman–Crippen MR) is 94.8 cm³/mol. The van der Waals surface area contributed by atoms with Crippen molar-refractivity contribution in [2.45, 2.75) is 32.1 Å². The first-order chi connectivity index (χ1) is 11.8. The fraction of sp³-hybridized carbons (Fsp3) is 0.300. The van der Waals surface area contributed by atoms with Crippen molar-refractivity contribution in [3.63, 3.8) is 0 Å². The smallest absolute Gasteiger partial charge is 0.411 e. The number of aryl methyl sites for hydroxylation is 1. The Labute approximate surface area is 142 Å². The van der Waals surface area contributed by atoms with Crippen molar-refractivity contribution >= 4 is 18.1 Å². The highest BCUT2D eigenvalue weighted by atomic mass is 16.5. The van der Waals surface area contributed by atoms with Gasteiger partial charge in [0.1, 0.15) is 0 Å². The molecule has 0 aliphatic carbocycles. The quantitative estimate of drug-likeness (QED) is 0.691. The van der Waals surface area contributed by atoms with E-state index in [1.165, 1.54) is 5.56 Å². The van der Waals surface area contributed by atoms with E-state index in [1.807, 2.05) is 6.07 Å². The Kier molecular flexibility index (Phi) is 7.54. The molecule has 1 radical (unpaired) electrons. The zero-order valence-electron chi connectivity index (χ0n) is 13.7. The minimum Gasteiger partial charge on any atom is -0.449 e. The minimum absolute atomic E-state index is 0.315. The summed E-state index contributed by atoms with van der Waals surface area (Å²) in [6.45, 7) is 0.379. The zero-order chi connectivity index (χ0) is 17.0. The van der Waals surface area contributed by atoms with Gasteiger partial charge in [-0.05, 0) is 37.0 Å². The molecule has 0 bridgehead atoms. The lowest BCUT2D eigenvalue weighted by atomic mass is 10.1. The Morgan fingerprint density at radius 2 is 1.62 bits per heavy atom. The van der Waals surface area contributed by atoms with Gasteiger partial charge in [0.25, 0.3) is 0 Å². The van der Waals surface area contributed by atoms with Crippen LogP contribution in [-0.4, -0.2) is 19.0 Å². The second kappa shape index (κ2) is 10.2. The topological polar surface area (TPSA) is 55.4 Å². The first-order valence-corrected chi connectivity index (χ1v) is 8.24. The summed E-state index contributed by atoms with van der Waals surface area (Å²) in [6, 6.07) is 17.1. The summed E-state index contributed by atoms with van der Waals surface area (Å²) in [5, 5.41) is 2.56. The van der Waals surface area contributed by atoms with E-state index in [0.29, 0.717) is 17.9 Å². The molecule has 0 spiro atoms. The number of benzene rings is 2. The lowest BCUT2D eigenvalue weighted by Gasteiger charge is -2.08. The highest BCUT2D eigenvalue weighted by Gasteiger charge is 2.06. The average molecular weight is 324 g/mol. The van der Waals surface area contributed by atoms with E-state index in [4.69, 9.17) is 4.74 Å². The summed E-state index contributed by atoms with van der Waals surface area (Å²) < 4.78 is 5.13. The minimum atomic E-state index is -0.540. The molecule has 0 aliphatic rings. The van der Waals surface area contributed by atoms with Crippen LogP contribution in [0.15, 0.2) is 54.6 Å². The molecular weight excluding hydrogens is 302 g/mol. The van der Waals surface area contributed by atoms with Gasteiger partial charge >= 0.3 is 6.09 Å². The van der Waals surface area contributed by atoms with Crippen LogP contribution in [0.3, 0.4) is 0 Å². The molecule has 0 aliphatic heterocycles. The monoisotopic (exact) mass is 324 g/mol. The Bertz CT molecular complexity index is 640. The van der Waals surface area contributed by atoms with E-state index < -0.39 is 6.09 Å². The highest BCUT2D eigenvalue weighted by Crippen LogP contribution is 2.13. The molecule has 2 rings (SSSR count). The second-order valence-corrected chi connectivity index (χ2v) is 5.56. The molecule has 0 heterocycles. The predicted octanol–water partition coefficient (Wildman–Crippen LogP) is 4.50. The molecule has 4 heteroatoms. The van der Waals surface area contributed by atoms with E-state index in [2.05, 4.69) is 29.6 Å². The van der Waals surface area contributed by atoms with E-state index in [9.17, 15) is 9.59 Å². The maximum absolute atomic E-state index is 11.7. The van der Waals surface area contributed by atoms with Crippen molar-refractivity contribution in [3.8, 4) is 0 Å². The van der Waals surface area contributed by atoms with Crippen molar-refractivity contribution < 1.29 is 14.3 Å². The summed E-state index contributed by atoms with van der Waals surface area (Å²) in [6.07, 6.45) is 6.44. The Morgan fingerprint density at radius 1 is 0.917 bits per heavy atom. The van der Waals surface area contributed by atoms with Gasteiger partial charge in [0.05, 0.1) is 12.3 Å². The third kappa shape index (κ3) is 6.24. The molecule has 1 amide bonds. The third-order valence-corrected chi connectivity index (χ3v) is 3.71. The van der Waals surface area contributed by atoms with E-state index >= 15 is 0 Å². The van der Waals surface area contributed by atoms with Gasteiger partial charge in [-0.25, -0.2) is 4.79 Å². The molecule has 24 heavy (non-hydrogen) atoms. The van der Waals surface area contributed by atoms with Gasteiger partial charge in [0.15, 0.2) is 0 Å². The lowest BCUT2D eigenvalue weighted by molar-refractivity contribution is 0.159. The average Bonchev–Trinajstić information content (AvgIpc) is 2.62. The zero-order valence-corrected chi connectivity index (χ0v) is 13.7. The number of unbranched alkanes of at least 4 members (excludes halogenated alkanes) is 3. The molecule has 0 saturated carbocycles. The number of nitrogens with one attached hydrogen (secondary N) is 1. The summed E-state index contributed by atoms with van der Waals surface area (Å²) in [7, 11) is 0. The van der Waals surface area contributed by atoms with Crippen LogP contribution in [0, 0.1) is 0 Å². The Hall–Kier alpha value is -2.62. The van der Waals surface area contributed by atoms with Crippen LogP contribution >= 0.6 is 0 Å². The molecule has 4 nitrogen and oxygen atoms in total. The number of hydrogen-bond acceptors (Lipinski definition) is 3. The molecule has 0 fully saturated rings. The summed E-state index contributed by atoms with van der Waals surface area (Å²) >= 11 is 0. The standard InChI is InChI=1S/C20H22NO3/c22-16-18-13-7-8-14-19(18)21-20(23)24-15-9-2-1-4-10-17-11-5-3-6-12-17/h3,5-8,11-14H,1-2,4,9-10,15H2,(H,21,23). The van der Waals surface area contributed by atoms with Gasteiger partial charge in [-0.2, -0.15) is 0 Å². The number of rotatable bonds is 9. The fourth-order valence-corrected chi connectivity index (χ4v) is 2.42. The van der Waals surface area contributed by atoms with Crippen LogP contribution in [0.2, 0.25) is 0 Å². The molecule has 125 valence electrons. The Balaban J connectivity index is 1.55. The molecule has 0 saturated heterocycles. The number of carbonyl (C=O) groups excluding carboxylic acids is 2. The number of hydrogen-bond donors (Lipinski definition) is 1. The fourth-order valence-electron chi connectivity index (χ4n) is 2.42. The summed E-state index contributed by atoms with van der Waals surface area (Å²) in [5.74, 6) is 0. The van der Waals surface area contributed by atoms with Crippen molar-refractivity contribution in [3.05, 3.63) is 65.7 Å². The van der Waals surface area contributed by atoms with Crippen LogP contribution in [0.4, 0.5) is 10.5 Å². The van der Waals surface area contributed by atoms with E-state index in [0.717, 1.165) is 32.1 Å². The number of anilines is 1. The van der Waals surface area contributed by atoms with Crippen molar-refractivity contribution in [2.24, 2.45) is 0 Å². The lowest BCUT2D eigenvalue weighted by Crippen LogP contribution is -2.15. The van der Waals surface area contributed by atoms with E-state index in [-0.39, 0.29) is 0 Å². The maximum atomic E-state index is 11.7. The molecule has 0 atom stereocenters. The van der Waals surface area contributed by atoms with Gasteiger partial charge in [-0.3, -0.25) is 10.1 Å².